The average Bonchev–Trinajstić information content (AvgIpc) is 2.61. The van der Waals surface area contributed by atoms with Gasteiger partial charge in [-0.1, -0.05) is 23.8 Å². The largest absolute Gasteiger partial charge is 0.493 e. The fourth-order valence-corrected chi connectivity index (χ4v) is 3.45. The smallest absolute Gasteiger partial charge is 0.160 e. The molecule has 1 fully saturated rings. The standard InChI is InChI=1S/C20H26N2O2/c1-14-4-7-18(8-5-14)22-12-16(10-17(21)13-22)15-6-9-19(23-2)20(11-15)24-3/h4-9,11,16-17H,10,12-13,21H2,1-3H3. The Bertz CT molecular complexity index is 685. The highest BCUT2D eigenvalue weighted by Gasteiger charge is 2.27. The fourth-order valence-electron chi connectivity index (χ4n) is 3.45. The number of aryl methyl sites for hydroxylation is 1. The number of piperidine rings is 1. The molecule has 4 nitrogen and oxygen atoms in total. The maximum absolute atomic E-state index is 6.35. The molecular formula is C20H26N2O2. The predicted octanol–water partition coefficient (Wildman–Crippen LogP) is 3.33. The second kappa shape index (κ2) is 7.14. The quantitative estimate of drug-likeness (QED) is 0.936. The van der Waals surface area contributed by atoms with Crippen molar-refractivity contribution < 1.29 is 9.47 Å². The zero-order chi connectivity index (χ0) is 17.1. The van der Waals surface area contributed by atoms with Crippen molar-refractivity contribution in [2.45, 2.75) is 25.3 Å². The molecular weight excluding hydrogens is 300 g/mol. The highest BCUT2D eigenvalue weighted by molar-refractivity contribution is 5.50. The Balaban J connectivity index is 1.84. The van der Waals surface area contributed by atoms with E-state index in [-0.39, 0.29) is 6.04 Å². The zero-order valence-corrected chi connectivity index (χ0v) is 14.7. The number of anilines is 1. The molecule has 1 aliphatic rings. The third-order valence-corrected chi connectivity index (χ3v) is 4.76. The Morgan fingerprint density at radius 1 is 0.958 bits per heavy atom. The Labute approximate surface area is 144 Å². The molecule has 2 atom stereocenters. The monoisotopic (exact) mass is 326 g/mol. The maximum Gasteiger partial charge on any atom is 0.160 e. The van der Waals surface area contributed by atoms with Crippen molar-refractivity contribution >= 4 is 5.69 Å². The molecule has 0 aromatic heterocycles. The third-order valence-electron chi connectivity index (χ3n) is 4.76. The summed E-state index contributed by atoms with van der Waals surface area (Å²) in [6, 6.07) is 15.0. The van der Waals surface area contributed by atoms with Gasteiger partial charge in [-0.15, -0.1) is 0 Å². The number of benzene rings is 2. The molecule has 2 N–H and O–H groups in total. The van der Waals surface area contributed by atoms with Gasteiger partial charge in [-0.25, -0.2) is 0 Å². The molecule has 0 saturated carbocycles. The van der Waals surface area contributed by atoms with Crippen LogP contribution >= 0.6 is 0 Å². The highest BCUT2D eigenvalue weighted by atomic mass is 16.5. The van der Waals surface area contributed by atoms with Crippen LogP contribution in [0.15, 0.2) is 42.5 Å². The van der Waals surface area contributed by atoms with Gasteiger partial charge in [-0.3, -0.25) is 0 Å². The molecule has 1 saturated heterocycles. The van der Waals surface area contributed by atoms with Crippen molar-refractivity contribution in [1.82, 2.24) is 0 Å². The van der Waals surface area contributed by atoms with E-state index in [4.69, 9.17) is 15.2 Å². The summed E-state index contributed by atoms with van der Waals surface area (Å²) in [6.45, 7) is 3.97. The lowest BCUT2D eigenvalue weighted by Crippen LogP contribution is -2.46. The van der Waals surface area contributed by atoms with Crippen molar-refractivity contribution in [1.29, 1.82) is 0 Å². The fraction of sp³-hybridized carbons (Fsp3) is 0.400. The number of rotatable bonds is 4. The van der Waals surface area contributed by atoms with Crippen molar-refractivity contribution in [2.24, 2.45) is 5.73 Å². The van der Waals surface area contributed by atoms with E-state index in [1.807, 2.05) is 6.07 Å². The van der Waals surface area contributed by atoms with E-state index < -0.39 is 0 Å². The van der Waals surface area contributed by atoms with Gasteiger partial charge in [-0.05, 0) is 43.2 Å². The van der Waals surface area contributed by atoms with Crippen molar-refractivity contribution in [3.8, 4) is 11.5 Å². The van der Waals surface area contributed by atoms with E-state index >= 15 is 0 Å². The molecule has 0 amide bonds. The van der Waals surface area contributed by atoms with Gasteiger partial charge >= 0.3 is 0 Å². The predicted molar refractivity (Wildman–Crippen MR) is 98.3 cm³/mol. The summed E-state index contributed by atoms with van der Waals surface area (Å²) >= 11 is 0. The lowest BCUT2D eigenvalue weighted by Gasteiger charge is -2.38. The summed E-state index contributed by atoms with van der Waals surface area (Å²) < 4.78 is 10.8. The highest BCUT2D eigenvalue weighted by Crippen LogP contribution is 2.35. The maximum atomic E-state index is 6.35. The molecule has 1 heterocycles. The Morgan fingerprint density at radius 2 is 1.67 bits per heavy atom. The first kappa shape index (κ1) is 16.7. The van der Waals surface area contributed by atoms with Gasteiger partial charge < -0.3 is 20.1 Å². The molecule has 1 aliphatic heterocycles. The van der Waals surface area contributed by atoms with Crippen molar-refractivity contribution in [2.75, 3.05) is 32.2 Å². The average molecular weight is 326 g/mol. The molecule has 24 heavy (non-hydrogen) atoms. The topological polar surface area (TPSA) is 47.7 Å². The van der Waals surface area contributed by atoms with E-state index in [2.05, 4.69) is 48.2 Å². The summed E-state index contributed by atoms with van der Waals surface area (Å²) in [7, 11) is 3.33. The summed E-state index contributed by atoms with van der Waals surface area (Å²) in [5, 5.41) is 0. The zero-order valence-electron chi connectivity index (χ0n) is 14.7. The Morgan fingerprint density at radius 3 is 2.33 bits per heavy atom. The first-order valence-corrected chi connectivity index (χ1v) is 8.40. The molecule has 3 rings (SSSR count). The summed E-state index contributed by atoms with van der Waals surface area (Å²) in [6.07, 6.45) is 0.984. The van der Waals surface area contributed by atoms with Crippen LogP contribution in [0.2, 0.25) is 0 Å². The number of nitrogens with zero attached hydrogens (tertiary/aromatic N) is 1. The number of methoxy groups -OCH3 is 2. The van der Waals surface area contributed by atoms with Crippen LogP contribution in [-0.4, -0.2) is 33.4 Å². The summed E-state index contributed by atoms with van der Waals surface area (Å²) in [5.74, 6) is 1.92. The van der Waals surface area contributed by atoms with Gasteiger partial charge in [-0.2, -0.15) is 0 Å². The molecule has 0 bridgehead atoms. The van der Waals surface area contributed by atoms with Crippen LogP contribution in [-0.2, 0) is 0 Å². The van der Waals surface area contributed by atoms with Gasteiger partial charge in [0.1, 0.15) is 0 Å². The van der Waals surface area contributed by atoms with Crippen LogP contribution in [0.1, 0.15) is 23.5 Å². The molecule has 2 aromatic carbocycles. The number of hydrogen-bond acceptors (Lipinski definition) is 4. The lowest BCUT2D eigenvalue weighted by molar-refractivity contribution is 0.353. The molecule has 0 radical (unpaired) electrons. The number of ether oxygens (including phenoxy) is 2. The minimum Gasteiger partial charge on any atom is -0.493 e. The van der Waals surface area contributed by atoms with Gasteiger partial charge in [0.25, 0.3) is 0 Å². The van der Waals surface area contributed by atoms with Crippen LogP contribution in [0.25, 0.3) is 0 Å². The van der Waals surface area contributed by atoms with E-state index in [0.29, 0.717) is 5.92 Å². The first-order valence-electron chi connectivity index (χ1n) is 8.40. The molecule has 0 aliphatic carbocycles. The van der Waals surface area contributed by atoms with Gasteiger partial charge in [0.2, 0.25) is 0 Å². The normalized spacial score (nSPS) is 20.8. The second-order valence-electron chi connectivity index (χ2n) is 6.55. The minimum atomic E-state index is 0.165. The van der Waals surface area contributed by atoms with E-state index in [1.54, 1.807) is 14.2 Å². The van der Waals surface area contributed by atoms with Crippen molar-refractivity contribution in [3.63, 3.8) is 0 Å². The van der Waals surface area contributed by atoms with Crippen LogP contribution < -0.4 is 20.1 Å². The number of hydrogen-bond donors (Lipinski definition) is 1. The third kappa shape index (κ3) is 3.49. The minimum absolute atomic E-state index is 0.165. The molecule has 4 heteroatoms. The lowest BCUT2D eigenvalue weighted by atomic mass is 9.88. The summed E-state index contributed by atoms with van der Waals surface area (Å²) in [5.41, 5.74) is 10.1. The molecule has 2 unspecified atom stereocenters. The van der Waals surface area contributed by atoms with E-state index in [9.17, 15) is 0 Å². The van der Waals surface area contributed by atoms with Gasteiger partial charge in [0.15, 0.2) is 11.5 Å². The van der Waals surface area contributed by atoms with Crippen LogP contribution in [0.5, 0.6) is 11.5 Å². The van der Waals surface area contributed by atoms with Gasteiger partial charge in [0, 0.05) is 30.7 Å². The number of nitrogens with two attached hydrogens (primary N) is 1. The van der Waals surface area contributed by atoms with Crippen LogP contribution in [0.4, 0.5) is 5.69 Å². The van der Waals surface area contributed by atoms with Crippen LogP contribution in [0.3, 0.4) is 0 Å². The Hall–Kier alpha value is -2.20. The van der Waals surface area contributed by atoms with E-state index in [0.717, 1.165) is 31.0 Å². The SMILES string of the molecule is COc1ccc(C2CC(N)CN(c3ccc(C)cc3)C2)cc1OC. The Kier molecular flexibility index (Phi) is 4.95. The molecule has 2 aromatic rings. The molecule has 128 valence electrons. The molecule has 0 spiro atoms. The first-order chi connectivity index (χ1) is 11.6. The second-order valence-corrected chi connectivity index (χ2v) is 6.55. The van der Waals surface area contributed by atoms with E-state index in [1.165, 1.54) is 16.8 Å². The van der Waals surface area contributed by atoms with Crippen LogP contribution in [0, 0.1) is 6.92 Å². The summed E-state index contributed by atoms with van der Waals surface area (Å²) in [4.78, 5) is 2.38. The van der Waals surface area contributed by atoms with Crippen molar-refractivity contribution in [3.05, 3.63) is 53.6 Å². The van der Waals surface area contributed by atoms with Gasteiger partial charge in [0.05, 0.1) is 14.2 Å².